The summed E-state index contributed by atoms with van der Waals surface area (Å²) in [6.45, 7) is 6.05. The number of hydrogen-bond donors (Lipinski definition) is 1. The molecule has 7 nitrogen and oxygen atoms in total. The number of carbonyl (C=O) groups is 1. The summed E-state index contributed by atoms with van der Waals surface area (Å²) in [5.41, 5.74) is 0.320. The van der Waals surface area contributed by atoms with Gasteiger partial charge in [-0.3, -0.25) is 9.69 Å². The molecular weight excluding hydrogens is 426 g/mol. The highest BCUT2D eigenvalue weighted by Gasteiger charge is 2.28. The van der Waals surface area contributed by atoms with E-state index in [1.807, 2.05) is 0 Å². The van der Waals surface area contributed by atoms with E-state index in [-0.39, 0.29) is 15.8 Å². The van der Waals surface area contributed by atoms with Crippen LogP contribution in [0.15, 0.2) is 23.1 Å². The number of halogens is 1. The van der Waals surface area contributed by atoms with Crippen molar-refractivity contribution in [2.45, 2.75) is 43.4 Å². The summed E-state index contributed by atoms with van der Waals surface area (Å²) >= 11 is 6.21. The molecule has 0 radical (unpaired) electrons. The summed E-state index contributed by atoms with van der Waals surface area (Å²) in [4.78, 5) is 14.9. The standard InChI is InChI=1S/C21H32ClN3O4S/c22-19-8-7-18(17-20(19)30(27,28)25-11-4-1-2-5-12-25)21(26)23-9-3-6-10-24-13-15-29-16-14-24/h7-8,17H,1-6,9-16H2,(H,23,26). The number of amides is 1. The number of carbonyl (C=O) groups excluding carboxylic acids is 1. The van der Waals surface area contributed by atoms with Crippen molar-refractivity contribution < 1.29 is 17.9 Å². The first-order valence-corrected chi connectivity index (χ1v) is 12.7. The van der Waals surface area contributed by atoms with Gasteiger partial charge in [0, 0.05) is 38.3 Å². The van der Waals surface area contributed by atoms with Crippen LogP contribution in [0.2, 0.25) is 5.02 Å². The minimum absolute atomic E-state index is 0.0195. The maximum absolute atomic E-state index is 13.1. The molecule has 2 aliphatic rings. The molecule has 30 heavy (non-hydrogen) atoms. The van der Waals surface area contributed by atoms with Crippen LogP contribution in [0.25, 0.3) is 0 Å². The van der Waals surface area contributed by atoms with E-state index in [0.717, 1.165) is 71.4 Å². The number of morpholine rings is 1. The van der Waals surface area contributed by atoms with Crippen LogP contribution in [-0.2, 0) is 14.8 Å². The molecule has 2 fully saturated rings. The van der Waals surface area contributed by atoms with Gasteiger partial charge >= 0.3 is 0 Å². The molecule has 3 rings (SSSR count). The second-order valence-electron chi connectivity index (χ2n) is 7.88. The van der Waals surface area contributed by atoms with Crippen LogP contribution < -0.4 is 5.32 Å². The number of benzene rings is 1. The van der Waals surface area contributed by atoms with Crippen molar-refractivity contribution in [1.29, 1.82) is 0 Å². The van der Waals surface area contributed by atoms with Crippen molar-refractivity contribution in [2.24, 2.45) is 0 Å². The quantitative estimate of drug-likeness (QED) is 0.607. The van der Waals surface area contributed by atoms with Crippen molar-refractivity contribution in [1.82, 2.24) is 14.5 Å². The van der Waals surface area contributed by atoms with Crippen molar-refractivity contribution in [3.8, 4) is 0 Å². The molecule has 0 saturated carbocycles. The van der Waals surface area contributed by atoms with Gasteiger partial charge in [-0.2, -0.15) is 4.31 Å². The van der Waals surface area contributed by atoms with Gasteiger partial charge in [0.2, 0.25) is 10.0 Å². The predicted octanol–water partition coefficient (Wildman–Crippen LogP) is 2.75. The molecule has 1 aromatic carbocycles. The highest BCUT2D eigenvalue weighted by molar-refractivity contribution is 7.89. The van der Waals surface area contributed by atoms with Crippen molar-refractivity contribution in [3.05, 3.63) is 28.8 Å². The first-order chi connectivity index (χ1) is 14.5. The van der Waals surface area contributed by atoms with Gasteiger partial charge in [-0.1, -0.05) is 24.4 Å². The van der Waals surface area contributed by atoms with Crippen LogP contribution in [0.3, 0.4) is 0 Å². The molecule has 2 aliphatic heterocycles. The zero-order chi connectivity index (χ0) is 21.4. The Morgan fingerprint density at radius 2 is 1.73 bits per heavy atom. The largest absolute Gasteiger partial charge is 0.379 e. The summed E-state index contributed by atoms with van der Waals surface area (Å²) in [5, 5.41) is 3.04. The predicted molar refractivity (Wildman–Crippen MR) is 118 cm³/mol. The maximum atomic E-state index is 13.1. The second kappa shape index (κ2) is 11.4. The fourth-order valence-electron chi connectivity index (χ4n) is 3.85. The summed E-state index contributed by atoms with van der Waals surface area (Å²) in [5.74, 6) is -0.273. The zero-order valence-corrected chi connectivity index (χ0v) is 19.0. The molecule has 0 atom stereocenters. The van der Waals surface area contributed by atoms with E-state index < -0.39 is 10.0 Å². The Bertz CT molecular complexity index is 804. The SMILES string of the molecule is O=C(NCCCCN1CCOCC1)c1ccc(Cl)c(S(=O)(=O)N2CCCCCC2)c1. The number of nitrogens with zero attached hydrogens (tertiary/aromatic N) is 2. The fraction of sp³-hybridized carbons (Fsp3) is 0.667. The monoisotopic (exact) mass is 457 g/mol. The van der Waals surface area contributed by atoms with Crippen molar-refractivity contribution in [2.75, 3.05) is 52.5 Å². The van der Waals surface area contributed by atoms with Gasteiger partial charge in [-0.15, -0.1) is 0 Å². The third kappa shape index (κ3) is 6.40. The van der Waals surface area contributed by atoms with Crippen LogP contribution in [-0.4, -0.2) is 76.0 Å². The van der Waals surface area contributed by atoms with Gasteiger partial charge in [0.15, 0.2) is 0 Å². The molecule has 0 aromatic heterocycles. The molecule has 1 N–H and O–H groups in total. The normalized spacial score (nSPS) is 19.4. The minimum atomic E-state index is -3.71. The lowest BCUT2D eigenvalue weighted by molar-refractivity contribution is 0.0372. The molecule has 2 heterocycles. The Morgan fingerprint density at radius 3 is 2.43 bits per heavy atom. The highest BCUT2D eigenvalue weighted by Crippen LogP contribution is 2.27. The third-order valence-electron chi connectivity index (χ3n) is 5.67. The number of ether oxygens (including phenoxy) is 1. The molecule has 0 aliphatic carbocycles. The summed E-state index contributed by atoms with van der Waals surface area (Å²) < 4.78 is 33.0. The van der Waals surface area contributed by atoms with Crippen LogP contribution in [0.5, 0.6) is 0 Å². The molecule has 168 valence electrons. The third-order valence-corrected chi connectivity index (χ3v) is 8.05. The number of nitrogens with one attached hydrogen (secondary N) is 1. The first kappa shape index (κ1) is 23.5. The lowest BCUT2D eigenvalue weighted by Gasteiger charge is -2.26. The van der Waals surface area contributed by atoms with Gasteiger partial charge in [-0.05, 0) is 50.4 Å². The Kier molecular flexibility index (Phi) is 8.95. The Hall–Kier alpha value is -1.19. The number of sulfonamides is 1. The Balaban J connectivity index is 1.55. The van der Waals surface area contributed by atoms with E-state index in [9.17, 15) is 13.2 Å². The molecule has 2 saturated heterocycles. The van der Waals surface area contributed by atoms with Crippen LogP contribution >= 0.6 is 11.6 Å². The van der Waals surface area contributed by atoms with Crippen LogP contribution in [0.1, 0.15) is 48.9 Å². The second-order valence-corrected chi connectivity index (χ2v) is 10.2. The van der Waals surface area contributed by atoms with Crippen molar-refractivity contribution in [3.63, 3.8) is 0 Å². The zero-order valence-electron chi connectivity index (χ0n) is 17.4. The average molecular weight is 458 g/mol. The van der Waals surface area contributed by atoms with Gasteiger partial charge in [0.05, 0.1) is 18.2 Å². The smallest absolute Gasteiger partial charge is 0.251 e. The topological polar surface area (TPSA) is 79.0 Å². The maximum Gasteiger partial charge on any atom is 0.251 e. The Labute approximate surface area is 184 Å². The number of rotatable bonds is 8. The van der Waals surface area contributed by atoms with Gasteiger partial charge < -0.3 is 10.1 Å². The molecule has 1 aromatic rings. The van der Waals surface area contributed by atoms with Crippen molar-refractivity contribution >= 4 is 27.5 Å². The molecular formula is C21H32ClN3O4S. The molecule has 9 heteroatoms. The number of unbranched alkanes of at least 4 members (excludes halogenated alkanes) is 1. The van der Waals surface area contributed by atoms with E-state index in [2.05, 4.69) is 10.2 Å². The molecule has 0 bridgehead atoms. The summed E-state index contributed by atoms with van der Waals surface area (Å²) in [7, 11) is -3.71. The van der Waals surface area contributed by atoms with Gasteiger partial charge in [0.1, 0.15) is 4.90 Å². The lowest BCUT2D eigenvalue weighted by Crippen LogP contribution is -2.37. The van der Waals surface area contributed by atoms with Gasteiger partial charge in [0.25, 0.3) is 5.91 Å². The summed E-state index contributed by atoms with van der Waals surface area (Å²) in [6, 6.07) is 4.48. The van der Waals surface area contributed by atoms with Crippen LogP contribution in [0, 0.1) is 0 Å². The highest BCUT2D eigenvalue weighted by atomic mass is 35.5. The molecule has 1 amide bonds. The molecule has 0 spiro atoms. The Morgan fingerprint density at radius 1 is 1.03 bits per heavy atom. The van der Waals surface area contributed by atoms with E-state index in [1.165, 1.54) is 16.4 Å². The first-order valence-electron chi connectivity index (χ1n) is 10.9. The average Bonchev–Trinajstić information content (AvgIpc) is 3.04. The fourth-order valence-corrected chi connectivity index (χ4v) is 5.87. The van der Waals surface area contributed by atoms with E-state index in [0.29, 0.717) is 25.2 Å². The van der Waals surface area contributed by atoms with Gasteiger partial charge in [-0.25, -0.2) is 8.42 Å². The summed E-state index contributed by atoms with van der Waals surface area (Å²) in [6.07, 6.45) is 5.63. The minimum Gasteiger partial charge on any atom is -0.379 e. The number of hydrogen-bond acceptors (Lipinski definition) is 5. The van der Waals surface area contributed by atoms with E-state index >= 15 is 0 Å². The van der Waals surface area contributed by atoms with Crippen LogP contribution in [0.4, 0.5) is 0 Å². The van der Waals surface area contributed by atoms with E-state index in [4.69, 9.17) is 16.3 Å². The van der Waals surface area contributed by atoms with E-state index in [1.54, 1.807) is 6.07 Å². The lowest BCUT2D eigenvalue weighted by atomic mass is 10.2. The molecule has 0 unspecified atom stereocenters.